The molecular weight excluding hydrogens is 525 g/mol. The first kappa shape index (κ1) is 28.1. The summed E-state index contributed by atoms with van der Waals surface area (Å²) < 4.78 is 31.5. The first-order valence-corrected chi connectivity index (χ1v) is 14.3. The highest BCUT2D eigenvalue weighted by Gasteiger charge is 2.31. The number of carbonyl (C=O) groups excluding carboxylic acids is 2. The predicted molar refractivity (Wildman–Crippen MR) is 142 cm³/mol. The van der Waals surface area contributed by atoms with Gasteiger partial charge in [0.25, 0.3) is 0 Å². The third-order valence-corrected chi connectivity index (χ3v) is 7.88. The molecule has 0 saturated heterocycles. The summed E-state index contributed by atoms with van der Waals surface area (Å²) in [5.41, 5.74) is 0.928. The lowest BCUT2D eigenvalue weighted by Gasteiger charge is -2.32. The van der Waals surface area contributed by atoms with E-state index in [1.54, 1.807) is 31.2 Å². The second-order valence-electron chi connectivity index (χ2n) is 8.91. The lowest BCUT2D eigenvalue weighted by molar-refractivity contribution is -0.139. The van der Waals surface area contributed by atoms with Crippen LogP contribution < -0.4 is 14.4 Å². The third-order valence-electron chi connectivity index (χ3n) is 6.21. The summed E-state index contributed by atoms with van der Waals surface area (Å²) in [7, 11) is -2.41. The van der Waals surface area contributed by atoms with E-state index in [0.717, 1.165) is 41.8 Å². The van der Waals surface area contributed by atoms with Gasteiger partial charge in [-0.15, -0.1) is 0 Å². The standard InChI is InChI=1S/C25H31Cl2N3O5S/c1-17(25(32)28-20-9-4-5-10-20)29(15-18-7-6-8-19(26)13-18)24(31)16-30(36(3,33)34)21-11-12-23(35-2)22(27)14-21/h6-8,11-14,17,20H,4-5,9-10,15-16H2,1-3H3,(H,28,32)/t17-/m0/s1. The summed E-state index contributed by atoms with van der Waals surface area (Å²) in [6.07, 6.45) is 4.92. The number of amides is 2. The maximum atomic E-state index is 13.6. The highest BCUT2D eigenvalue weighted by Crippen LogP contribution is 2.30. The maximum Gasteiger partial charge on any atom is 0.244 e. The average molecular weight is 557 g/mol. The molecule has 1 N–H and O–H groups in total. The molecule has 11 heteroatoms. The Morgan fingerprint density at radius 2 is 1.83 bits per heavy atom. The minimum absolute atomic E-state index is 0.0806. The summed E-state index contributed by atoms with van der Waals surface area (Å²) in [6, 6.07) is 10.7. The van der Waals surface area contributed by atoms with Crippen molar-refractivity contribution in [2.24, 2.45) is 0 Å². The van der Waals surface area contributed by atoms with Gasteiger partial charge in [-0.05, 0) is 55.7 Å². The second-order valence-corrected chi connectivity index (χ2v) is 11.7. The van der Waals surface area contributed by atoms with Crippen molar-refractivity contribution in [3.63, 3.8) is 0 Å². The van der Waals surface area contributed by atoms with Crippen molar-refractivity contribution in [2.45, 2.75) is 51.2 Å². The van der Waals surface area contributed by atoms with Gasteiger partial charge in [0.05, 0.1) is 24.1 Å². The molecule has 8 nitrogen and oxygen atoms in total. The molecule has 0 aliphatic heterocycles. The molecule has 1 atom stereocenters. The topological polar surface area (TPSA) is 96.0 Å². The zero-order valence-electron chi connectivity index (χ0n) is 20.5. The van der Waals surface area contributed by atoms with Gasteiger partial charge in [-0.25, -0.2) is 8.42 Å². The highest BCUT2D eigenvalue weighted by atomic mass is 35.5. The Bertz CT molecular complexity index is 1200. The lowest BCUT2D eigenvalue weighted by atomic mass is 10.1. The number of nitrogens with zero attached hydrogens (tertiary/aromatic N) is 2. The fourth-order valence-electron chi connectivity index (χ4n) is 4.23. The number of halogens is 2. The summed E-state index contributed by atoms with van der Waals surface area (Å²) in [5, 5.41) is 3.72. The zero-order chi connectivity index (χ0) is 26.5. The first-order valence-electron chi connectivity index (χ1n) is 11.6. The number of hydrogen-bond donors (Lipinski definition) is 1. The van der Waals surface area contributed by atoms with Gasteiger partial charge in [-0.1, -0.05) is 48.2 Å². The quantitative estimate of drug-likeness (QED) is 0.472. The molecule has 0 radical (unpaired) electrons. The maximum absolute atomic E-state index is 13.6. The Labute approximate surface area is 222 Å². The van der Waals surface area contributed by atoms with Crippen LogP contribution in [0.15, 0.2) is 42.5 Å². The molecule has 2 aromatic rings. The van der Waals surface area contributed by atoms with Crippen LogP contribution in [0.2, 0.25) is 10.0 Å². The van der Waals surface area contributed by atoms with Crippen LogP contribution in [-0.4, -0.2) is 57.1 Å². The molecule has 3 rings (SSSR count). The largest absolute Gasteiger partial charge is 0.495 e. The molecule has 1 fully saturated rings. The summed E-state index contributed by atoms with van der Waals surface area (Å²) in [6.45, 7) is 1.21. The molecule has 0 unspecified atom stereocenters. The van der Waals surface area contributed by atoms with Crippen LogP contribution in [-0.2, 0) is 26.2 Å². The normalized spacial score (nSPS) is 14.8. The summed E-state index contributed by atoms with van der Waals surface area (Å²) >= 11 is 12.3. The van der Waals surface area contributed by atoms with Gasteiger partial charge in [-0.2, -0.15) is 0 Å². The van der Waals surface area contributed by atoms with E-state index in [2.05, 4.69) is 5.32 Å². The van der Waals surface area contributed by atoms with Crippen LogP contribution in [0.5, 0.6) is 5.75 Å². The monoisotopic (exact) mass is 555 g/mol. The number of sulfonamides is 1. The van der Waals surface area contributed by atoms with Crippen molar-refractivity contribution in [1.82, 2.24) is 10.2 Å². The van der Waals surface area contributed by atoms with Crippen molar-refractivity contribution >= 4 is 50.7 Å². The molecule has 0 heterocycles. The smallest absolute Gasteiger partial charge is 0.244 e. The van der Waals surface area contributed by atoms with Crippen LogP contribution in [0.25, 0.3) is 0 Å². The van der Waals surface area contributed by atoms with Crippen molar-refractivity contribution in [2.75, 3.05) is 24.2 Å². The van der Waals surface area contributed by atoms with Gasteiger partial charge in [-0.3, -0.25) is 13.9 Å². The van der Waals surface area contributed by atoms with E-state index in [-0.39, 0.29) is 29.2 Å². The van der Waals surface area contributed by atoms with Crippen LogP contribution in [0.4, 0.5) is 5.69 Å². The SMILES string of the molecule is COc1ccc(N(CC(=O)N(Cc2cccc(Cl)c2)[C@@H](C)C(=O)NC2CCCC2)S(C)(=O)=O)cc1Cl. The number of benzene rings is 2. The van der Waals surface area contributed by atoms with Gasteiger partial charge in [0, 0.05) is 17.6 Å². The van der Waals surface area contributed by atoms with Crippen LogP contribution in [0.3, 0.4) is 0 Å². The molecule has 1 aliphatic carbocycles. The Balaban J connectivity index is 1.90. The van der Waals surface area contributed by atoms with E-state index in [9.17, 15) is 18.0 Å². The van der Waals surface area contributed by atoms with Crippen LogP contribution >= 0.6 is 23.2 Å². The minimum atomic E-state index is -3.86. The Morgan fingerprint density at radius 3 is 2.42 bits per heavy atom. The number of rotatable bonds is 10. The number of methoxy groups -OCH3 is 1. The Kier molecular flexibility index (Phi) is 9.49. The van der Waals surface area contributed by atoms with Gasteiger partial charge in [0.1, 0.15) is 18.3 Å². The molecule has 196 valence electrons. The molecule has 0 spiro atoms. The van der Waals surface area contributed by atoms with E-state index in [1.807, 2.05) is 0 Å². The molecule has 1 saturated carbocycles. The minimum Gasteiger partial charge on any atom is -0.495 e. The Hall–Kier alpha value is -2.49. The predicted octanol–water partition coefficient (Wildman–Crippen LogP) is 4.24. The highest BCUT2D eigenvalue weighted by molar-refractivity contribution is 7.92. The van der Waals surface area contributed by atoms with Gasteiger partial charge >= 0.3 is 0 Å². The third kappa shape index (κ3) is 7.27. The van der Waals surface area contributed by atoms with E-state index < -0.39 is 28.5 Å². The summed E-state index contributed by atoms with van der Waals surface area (Å²) in [5.74, 6) is -0.447. The van der Waals surface area contributed by atoms with Gasteiger partial charge in [0.2, 0.25) is 21.8 Å². The van der Waals surface area contributed by atoms with E-state index in [4.69, 9.17) is 27.9 Å². The Morgan fingerprint density at radius 1 is 1.14 bits per heavy atom. The molecule has 1 aliphatic rings. The second kappa shape index (κ2) is 12.2. The van der Waals surface area contributed by atoms with E-state index >= 15 is 0 Å². The number of anilines is 1. The van der Waals surface area contributed by atoms with Crippen molar-refractivity contribution in [3.8, 4) is 5.75 Å². The molecule has 36 heavy (non-hydrogen) atoms. The lowest BCUT2D eigenvalue weighted by Crippen LogP contribution is -2.52. The van der Waals surface area contributed by atoms with Crippen molar-refractivity contribution < 1.29 is 22.7 Å². The average Bonchev–Trinajstić information content (AvgIpc) is 3.32. The van der Waals surface area contributed by atoms with Gasteiger partial charge < -0.3 is 15.0 Å². The van der Waals surface area contributed by atoms with Gasteiger partial charge in [0.15, 0.2) is 0 Å². The number of ether oxygens (including phenoxy) is 1. The van der Waals surface area contributed by atoms with Crippen molar-refractivity contribution in [1.29, 1.82) is 0 Å². The molecule has 0 bridgehead atoms. The molecule has 2 amide bonds. The number of nitrogens with one attached hydrogen (secondary N) is 1. The van der Waals surface area contributed by atoms with E-state index in [0.29, 0.717) is 10.8 Å². The number of hydrogen-bond acceptors (Lipinski definition) is 5. The first-order chi connectivity index (χ1) is 17.0. The van der Waals surface area contributed by atoms with Crippen LogP contribution in [0.1, 0.15) is 38.2 Å². The molecule has 0 aromatic heterocycles. The number of carbonyl (C=O) groups is 2. The van der Waals surface area contributed by atoms with Crippen molar-refractivity contribution in [3.05, 3.63) is 58.1 Å². The summed E-state index contributed by atoms with van der Waals surface area (Å²) in [4.78, 5) is 28.1. The molecular formula is C25H31Cl2N3O5S. The fraction of sp³-hybridized carbons (Fsp3) is 0.440. The zero-order valence-corrected chi connectivity index (χ0v) is 22.9. The fourth-order valence-corrected chi connectivity index (χ4v) is 5.54. The van der Waals surface area contributed by atoms with E-state index in [1.165, 1.54) is 30.2 Å². The van der Waals surface area contributed by atoms with Crippen LogP contribution in [0, 0.1) is 0 Å². The molecule has 2 aromatic carbocycles.